The van der Waals surface area contributed by atoms with Crippen molar-refractivity contribution in [3.05, 3.63) is 36.4 Å². The molecule has 3 aliphatic rings. The van der Waals surface area contributed by atoms with Crippen molar-refractivity contribution in [1.82, 2.24) is 0 Å². The molecule has 4 aromatic carbocycles. The average Bonchev–Trinajstić information content (AvgIpc) is 2.81. The Bertz CT molecular complexity index is 1060. The van der Waals surface area contributed by atoms with E-state index in [1.165, 1.54) is 0 Å². The molecule has 0 aromatic heterocycles. The van der Waals surface area contributed by atoms with E-state index in [0.717, 1.165) is 66.8 Å². The molecule has 0 fully saturated rings. The van der Waals surface area contributed by atoms with Gasteiger partial charge in [-0.2, -0.15) is 0 Å². The van der Waals surface area contributed by atoms with E-state index in [4.69, 9.17) is 28.4 Å². The zero-order valence-electron chi connectivity index (χ0n) is 16.2. The van der Waals surface area contributed by atoms with Crippen LogP contribution in [0.25, 0.3) is 32.3 Å². The number of hydrogen-bond donors (Lipinski definition) is 0. The molecule has 0 bridgehead atoms. The van der Waals surface area contributed by atoms with Crippen molar-refractivity contribution in [3.8, 4) is 34.5 Å². The Kier molecular flexibility index (Phi) is 3.25. The normalized spacial score (nSPS) is 16.8. The van der Waals surface area contributed by atoms with E-state index in [1.807, 2.05) is 0 Å². The third-order valence-corrected chi connectivity index (χ3v) is 5.92. The minimum Gasteiger partial charge on any atom is -0.486 e. The van der Waals surface area contributed by atoms with Crippen LogP contribution in [0.2, 0.25) is 0 Å². The summed E-state index contributed by atoms with van der Waals surface area (Å²) in [5, 5.41) is 6.47. The van der Waals surface area contributed by atoms with Crippen LogP contribution in [0.1, 0.15) is 0 Å². The first-order valence-electron chi connectivity index (χ1n) is 10.2. The molecule has 0 saturated heterocycles. The Morgan fingerprint density at radius 3 is 0.633 bits per heavy atom. The van der Waals surface area contributed by atoms with Crippen LogP contribution in [0.3, 0.4) is 0 Å². The standard InChI is InChI=1S/C24H18O6/c1-2-26-20-8-14-13(7-19(20)25-1)15-9-21-23(29-4-3-27-21)11-17(15)18-12-24-22(10-16(14)18)28-5-6-30-24/h7-12H,1-6H2. The van der Waals surface area contributed by atoms with Crippen LogP contribution in [-0.4, -0.2) is 39.6 Å². The van der Waals surface area contributed by atoms with Gasteiger partial charge in [0.1, 0.15) is 39.6 Å². The van der Waals surface area contributed by atoms with Crippen LogP contribution < -0.4 is 28.4 Å². The SMILES string of the molecule is c1c2c(cc3c1c1cc4c(cc1c1cc5c(cc31)OCCO5)OCCO4)OCCO2. The van der Waals surface area contributed by atoms with Gasteiger partial charge in [0.05, 0.1) is 0 Å². The lowest BCUT2D eigenvalue weighted by Gasteiger charge is -2.24. The Balaban J connectivity index is 1.66. The molecule has 3 heterocycles. The highest BCUT2D eigenvalue weighted by atomic mass is 16.6. The van der Waals surface area contributed by atoms with E-state index in [1.54, 1.807) is 0 Å². The summed E-state index contributed by atoms with van der Waals surface area (Å²) in [6.45, 7) is 3.30. The first-order valence-corrected chi connectivity index (χ1v) is 10.2. The van der Waals surface area contributed by atoms with Gasteiger partial charge in [0.25, 0.3) is 0 Å². The van der Waals surface area contributed by atoms with Crippen molar-refractivity contribution in [2.45, 2.75) is 0 Å². The summed E-state index contributed by atoms with van der Waals surface area (Å²) in [5.74, 6) is 4.59. The molecule has 6 heteroatoms. The fraction of sp³-hybridized carbons (Fsp3) is 0.250. The lowest BCUT2D eigenvalue weighted by atomic mass is 9.93. The molecular weight excluding hydrogens is 384 g/mol. The lowest BCUT2D eigenvalue weighted by Crippen LogP contribution is -2.16. The third kappa shape index (κ3) is 2.24. The molecule has 6 nitrogen and oxygen atoms in total. The Morgan fingerprint density at radius 1 is 0.300 bits per heavy atom. The predicted octanol–water partition coefficient (Wildman–Crippen LogP) is 4.46. The maximum Gasteiger partial charge on any atom is 0.162 e. The van der Waals surface area contributed by atoms with E-state index in [9.17, 15) is 0 Å². The fourth-order valence-electron chi connectivity index (χ4n) is 4.60. The Labute approximate surface area is 171 Å². The highest BCUT2D eigenvalue weighted by Gasteiger charge is 2.22. The van der Waals surface area contributed by atoms with Crippen LogP contribution in [0.5, 0.6) is 34.5 Å². The molecule has 0 atom stereocenters. The van der Waals surface area contributed by atoms with Crippen molar-refractivity contribution in [1.29, 1.82) is 0 Å². The van der Waals surface area contributed by atoms with Gasteiger partial charge < -0.3 is 28.4 Å². The van der Waals surface area contributed by atoms with Crippen LogP contribution in [0, 0.1) is 0 Å². The molecule has 0 aliphatic carbocycles. The molecule has 0 saturated carbocycles. The number of ether oxygens (including phenoxy) is 6. The molecule has 4 aromatic rings. The highest BCUT2D eigenvalue weighted by molar-refractivity contribution is 6.26. The van der Waals surface area contributed by atoms with Gasteiger partial charge in [-0.25, -0.2) is 0 Å². The smallest absolute Gasteiger partial charge is 0.162 e. The van der Waals surface area contributed by atoms with Crippen molar-refractivity contribution in [2.75, 3.05) is 39.6 Å². The number of benzene rings is 4. The maximum atomic E-state index is 5.87. The molecule has 7 rings (SSSR count). The van der Waals surface area contributed by atoms with Crippen molar-refractivity contribution < 1.29 is 28.4 Å². The molecule has 0 N–H and O–H groups in total. The van der Waals surface area contributed by atoms with Gasteiger partial charge in [0.15, 0.2) is 34.5 Å². The largest absolute Gasteiger partial charge is 0.486 e. The van der Waals surface area contributed by atoms with Crippen LogP contribution in [-0.2, 0) is 0 Å². The molecule has 30 heavy (non-hydrogen) atoms. The lowest BCUT2D eigenvalue weighted by molar-refractivity contribution is 0.171. The second-order valence-electron chi connectivity index (χ2n) is 7.62. The van der Waals surface area contributed by atoms with Crippen LogP contribution in [0.4, 0.5) is 0 Å². The summed E-state index contributed by atoms with van der Waals surface area (Å²) in [4.78, 5) is 0. The minimum atomic E-state index is 0.551. The van der Waals surface area contributed by atoms with E-state index < -0.39 is 0 Å². The second-order valence-corrected chi connectivity index (χ2v) is 7.62. The van der Waals surface area contributed by atoms with Gasteiger partial charge in [0.2, 0.25) is 0 Å². The molecule has 3 aliphatic heterocycles. The summed E-state index contributed by atoms with van der Waals surface area (Å²) in [6, 6.07) is 12.4. The van der Waals surface area contributed by atoms with E-state index in [-0.39, 0.29) is 0 Å². The Morgan fingerprint density at radius 2 is 0.467 bits per heavy atom. The first-order chi connectivity index (χ1) is 14.8. The summed E-state index contributed by atoms with van der Waals surface area (Å²) in [7, 11) is 0. The topological polar surface area (TPSA) is 55.4 Å². The summed E-state index contributed by atoms with van der Waals surface area (Å²) >= 11 is 0. The summed E-state index contributed by atoms with van der Waals surface area (Å²) in [5.41, 5.74) is 0. The second kappa shape index (κ2) is 5.98. The zero-order chi connectivity index (χ0) is 19.7. The number of fused-ring (bicyclic) bond motifs is 9. The van der Waals surface area contributed by atoms with Crippen molar-refractivity contribution in [3.63, 3.8) is 0 Å². The Hall–Kier alpha value is -3.54. The molecule has 0 unspecified atom stereocenters. The van der Waals surface area contributed by atoms with Gasteiger partial charge in [-0.05, 0) is 68.7 Å². The van der Waals surface area contributed by atoms with Crippen LogP contribution >= 0.6 is 0 Å². The first kappa shape index (κ1) is 16.3. The maximum absolute atomic E-state index is 5.87. The minimum absolute atomic E-state index is 0.551. The van der Waals surface area contributed by atoms with Gasteiger partial charge in [0, 0.05) is 0 Å². The van der Waals surface area contributed by atoms with Gasteiger partial charge >= 0.3 is 0 Å². The molecular formula is C24H18O6. The number of rotatable bonds is 0. The van der Waals surface area contributed by atoms with E-state index in [0.29, 0.717) is 39.6 Å². The highest BCUT2D eigenvalue weighted by Crippen LogP contribution is 2.47. The summed E-state index contributed by atoms with van der Waals surface area (Å²) < 4.78 is 35.2. The van der Waals surface area contributed by atoms with Crippen LogP contribution in [0.15, 0.2) is 36.4 Å². The van der Waals surface area contributed by atoms with Gasteiger partial charge in [-0.1, -0.05) is 0 Å². The zero-order valence-corrected chi connectivity index (χ0v) is 16.2. The number of hydrogen-bond acceptors (Lipinski definition) is 6. The predicted molar refractivity (Wildman–Crippen MR) is 112 cm³/mol. The van der Waals surface area contributed by atoms with Gasteiger partial charge in [-0.3, -0.25) is 0 Å². The molecule has 0 radical (unpaired) electrons. The fourth-order valence-corrected chi connectivity index (χ4v) is 4.60. The molecule has 0 amide bonds. The third-order valence-electron chi connectivity index (χ3n) is 5.92. The summed E-state index contributed by atoms with van der Waals surface area (Å²) in [6.07, 6.45) is 0. The molecule has 150 valence electrons. The van der Waals surface area contributed by atoms with E-state index in [2.05, 4.69) is 36.4 Å². The average molecular weight is 402 g/mol. The molecule has 0 spiro atoms. The van der Waals surface area contributed by atoms with E-state index >= 15 is 0 Å². The van der Waals surface area contributed by atoms with Crippen molar-refractivity contribution in [2.24, 2.45) is 0 Å². The van der Waals surface area contributed by atoms with Crippen molar-refractivity contribution >= 4 is 32.3 Å². The quantitative estimate of drug-likeness (QED) is 0.405. The monoisotopic (exact) mass is 402 g/mol. The van der Waals surface area contributed by atoms with Gasteiger partial charge in [-0.15, -0.1) is 0 Å².